The number of rotatable bonds is 2. The molecule has 0 radical (unpaired) electrons. The van der Waals surface area contributed by atoms with Gasteiger partial charge in [0.15, 0.2) is 0 Å². The van der Waals surface area contributed by atoms with Gasteiger partial charge in [0.1, 0.15) is 5.75 Å². The summed E-state index contributed by atoms with van der Waals surface area (Å²) in [6.45, 7) is 1.05. The molecule has 0 amide bonds. The Labute approximate surface area is 91.0 Å². The van der Waals surface area contributed by atoms with Gasteiger partial charge in [0.05, 0.1) is 7.11 Å². The molecular formula is C12H18N2O. The van der Waals surface area contributed by atoms with Crippen molar-refractivity contribution in [2.24, 2.45) is 0 Å². The highest BCUT2D eigenvalue weighted by atomic mass is 16.5. The van der Waals surface area contributed by atoms with Crippen molar-refractivity contribution in [2.75, 3.05) is 32.6 Å². The Morgan fingerprint density at radius 2 is 2.27 bits per heavy atom. The van der Waals surface area contributed by atoms with E-state index in [-0.39, 0.29) is 0 Å². The van der Waals surface area contributed by atoms with Gasteiger partial charge in [0, 0.05) is 31.4 Å². The topological polar surface area (TPSA) is 24.5 Å². The molecule has 0 aliphatic carbocycles. The van der Waals surface area contributed by atoms with Crippen molar-refractivity contribution in [3.63, 3.8) is 0 Å². The molecule has 3 heteroatoms. The van der Waals surface area contributed by atoms with Gasteiger partial charge in [-0.3, -0.25) is 0 Å². The van der Waals surface area contributed by atoms with E-state index in [1.54, 1.807) is 7.11 Å². The highest BCUT2D eigenvalue weighted by Crippen LogP contribution is 2.29. The minimum atomic E-state index is 0.552. The maximum atomic E-state index is 5.24. The Hall–Kier alpha value is -1.22. The lowest BCUT2D eigenvalue weighted by Gasteiger charge is -2.33. The third-order valence-electron chi connectivity index (χ3n) is 3.07. The molecule has 1 atom stereocenters. The van der Waals surface area contributed by atoms with Gasteiger partial charge in [-0.1, -0.05) is 6.07 Å². The van der Waals surface area contributed by atoms with E-state index in [1.165, 1.54) is 11.3 Å². The van der Waals surface area contributed by atoms with E-state index in [1.807, 2.05) is 13.1 Å². The number of methoxy groups -OCH3 is 1. The fourth-order valence-electron chi connectivity index (χ4n) is 2.15. The molecule has 0 saturated carbocycles. The number of nitrogens with one attached hydrogen (secondary N) is 1. The normalized spacial score (nSPS) is 19.9. The lowest BCUT2D eigenvalue weighted by atomic mass is 9.98. The first-order valence-corrected chi connectivity index (χ1v) is 5.30. The first-order valence-electron chi connectivity index (χ1n) is 5.30. The van der Waals surface area contributed by atoms with Gasteiger partial charge in [-0.05, 0) is 25.1 Å². The minimum absolute atomic E-state index is 0.552. The summed E-state index contributed by atoms with van der Waals surface area (Å²) in [6, 6.07) is 6.86. The van der Waals surface area contributed by atoms with E-state index in [4.69, 9.17) is 4.74 Å². The van der Waals surface area contributed by atoms with Crippen LogP contribution < -0.4 is 15.0 Å². The summed E-state index contributed by atoms with van der Waals surface area (Å²) in [5.41, 5.74) is 2.68. The number of anilines is 1. The molecule has 3 nitrogen and oxygen atoms in total. The average Bonchev–Trinajstić information content (AvgIpc) is 2.28. The monoisotopic (exact) mass is 206 g/mol. The Morgan fingerprint density at radius 1 is 1.47 bits per heavy atom. The van der Waals surface area contributed by atoms with Gasteiger partial charge in [-0.2, -0.15) is 0 Å². The van der Waals surface area contributed by atoms with Crippen LogP contribution in [0.15, 0.2) is 18.2 Å². The van der Waals surface area contributed by atoms with Crippen molar-refractivity contribution in [2.45, 2.75) is 12.5 Å². The summed E-state index contributed by atoms with van der Waals surface area (Å²) >= 11 is 0. The zero-order valence-electron chi connectivity index (χ0n) is 9.58. The summed E-state index contributed by atoms with van der Waals surface area (Å²) in [6.07, 6.45) is 1.10. The molecule has 1 aromatic rings. The number of benzene rings is 1. The van der Waals surface area contributed by atoms with Crippen LogP contribution in [0.1, 0.15) is 5.56 Å². The Balaban J connectivity index is 2.32. The first-order chi connectivity index (χ1) is 7.24. The molecule has 1 heterocycles. The van der Waals surface area contributed by atoms with Crippen molar-refractivity contribution in [1.29, 1.82) is 0 Å². The molecule has 1 N–H and O–H groups in total. The molecule has 0 saturated heterocycles. The second-order valence-electron chi connectivity index (χ2n) is 4.06. The smallest absolute Gasteiger partial charge is 0.120 e. The Kier molecular flexibility index (Phi) is 2.82. The van der Waals surface area contributed by atoms with Gasteiger partial charge in [-0.25, -0.2) is 0 Å². The number of nitrogens with zero attached hydrogens (tertiary/aromatic N) is 1. The van der Waals surface area contributed by atoms with Crippen LogP contribution in [0.3, 0.4) is 0 Å². The third-order valence-corrected chi connectivity index (χ3v) is 3.07. The van der Waals surface area contributed by atoms with Gasteiger partial charge < -0.3 is 15.0 Å². The Bertz CT molecular complexity index is 351. The number of hydrogen-bond donors (Lipinski definition) is 1. The fraction of sp³-hybridized carbons (Fsp3) is 0.500. The van der Waals surface area contributed by atoms with Crippen LogP contribution >= 0.6 is 0 Å². The van der Waals surface area contributed by atoms with Crippen molar-refractivity contribution >= 4 is 5.69 Å². The molecule has 0 fully saturated rings. The van der Waals surface area contributed by atoms with Crippen molar-refractivity contribution in [1.82, 2.24) is 5.32 Å². The van der Waals surface area contributed by atoms with E-state index in [0.29, 0.717) is 6.04 Å². The van der Waals surface area contributed by atoms with Crippen molar-refractivity contribution in [3.8, 4) is 5.75 Å². The third kappa shape index (κ3) is 1.92. The predicted molar refractivity (Wildman–Crippen MR) is 62.8 cm³/mol. The molecule has 2 rings (SSSR count). The van der Waals surface area contributed by atoms with Gasteiger partial charge in [-0.15, -0.1) is 0 Å². The van der Waals surface area contributed by atoms with Gasteiger partial charge in [0.2, 0.25) is 0 Å². The molecule has 1 aliphatic heterocycles. The summed E-state index contributed by atoms with van der Waals surface area (Å²) in [5.74, 6) is 0.934. The van der Waals surface area contributed by atoms with E-state index in [2.05, 4.69) is 29.4 Å². The maximum absolute atomic E-state index is 5.24. The molecule has 1 unspecified atom stereocenters. The van der Waals surface area contributed by atoms with Crippen LogP contribution in [0.4, 0.5) is 5.69 Å². The highest BCUT2D eigenvalue weighted by molar-refractivity contribution is 5.59. The molecule has 1 aromatic carbocycles. The lowest BCUT2D eigenvalue weighted by molar-refractivity contribution is 0.414. The van der Waals surface area contributed by atoms with Gasteiger partial charge in [0.25, 0.3) is 0 Å². The van der Waals surface area contributed by atoms with Crippen LogP contribution in [0.2, 0.25) is 0 Å². The zero-order valence-corrected chi connectivity index (χ0v) is 9.58. The summed E-state index contributed by atoms with van der Waals surface area (Å²) in [7, 11) is 5.86. The largest absolute Gasteiger partial charge is 0.497 e. The zero-order chi connectivity index (χ0) is 10.8. The van der Waals surface area contributed by atoms with Crippen molar-refractivity contribution < 1.29 is 4.74 Å². The summed E-state index contributed by atoms with van der Waals surface area (Å²) in [4.78, 5) is 2.28. The average molecular weight is 206 g/mol. The molecule has 0 spiro atoms. The molecule has 0 aromatic heterocycles. The second-order valence-corrected chi connectivity index (χ2v) is 4.06. The van der Waals surface area contributed by atoms with Crippen LogP contribution in [-0.4, -0.2) is 33.8 Å². The number of likely N-dealkylation sites (N-methyl/N-ethyl adjacent to an activating group) is 2. The lowest BCUT2D eigenvalue weighted by Crippen LogP contribution is -2.43. The van der Waals surface area contributed by atoms with Crippen LogP contribution in [0.5, 0.6) is 5.75 Å². The number of hydrogen-bond acceptors (Lipinski definition) is 3. The summed E-state index contributed by atoms with van der Waals surface area (Å²) in [5, 5.41) is 3.33. The second kappa shape index (κ2) is 4.11. The summed E-state index contributed by atoms with van der Waals surface area (Å²) < 4.78 is 5.24. The van der Waals surface area contributed by atoms with E-state index in [9.17, 15) is 0 Å². The van der Waals surface area contributed by atoms with Crippen LogP contribution in [-0.2, 0) is 6.42 Å². The quantitative estimate of drug-likeness (QED) is 0.789. The first kappa shape index (κ1) is 10.3. The van der Waals surface area contributed by atoms with Crippen molar-refractivity contribution in [3.05, 3.63) is 23.8 Å². The van der Waals surface area contributed by atoms with E-state index in [0.717, 1.165) is 18.7 Å². The maximum Gasteiger partial charge on any atom is 0.120 e. The van der Waals surface area contributed by atoms with E-state index >= 15 is 0 Å². The minimum Gasteiger partial charge on any atom is -0.497 e. The van der Waals surface area contributed by atoms with E-state index < -0.39 is 0 Å². The molecule has 0 bridgehead atoms. The number of ether oxygens (including phenoxy) is 1. The SMILES string of the molecule is CNC1Cc2ccc(OC)cc2N(C)C1. The number of fused-ring (bicyclic) bond motifs is 1. The molecule has 82 valence electrons. The van der Waals surface area contributed by atoms with Crippen LogP contribution in [0, 0.1) is 0 Å². The predicted octanol–water partition coefficient (Wildman–Crippen LogP) is 1.28. The molecular weight excluding hydrogens is 188 g/mol. The van der Waals surface area contributed by atoms with Crippen LogP contribution in [0.25, 0.3) is 0 Å². The fourth-order valence-corrected chi connectivity index (χ4v) is 2.15. The highest BCUT2D eigenvalue weighted by Gasteiger charge is 2.20. The van der Waals surface area contributed by atoms with Gasteiger partial charge >= 0.3 is 0 Å². The molecule has 15 heavy (non-hydrogen) atoms. The molecule has 1 aliphatic rings. The standard InChI is InChI=1S/C12H18N2O/c1-13-10-6-9-4-5-11(15-3)7-12(9)14(2)8-10/h4-5,7,10,13H,6,8H2,1-3H3. The Morgan fingerprint density at radius 3 is 2.93 bits per heavy atom.